The predicted molar refractivity (Wildman–Crippen MR) is 81.9 cm³/mol. The first-order valence-electron chi connectivity index (χ1n) is 6.94. The monoisotopic (exact) mass is 342 g/mol. The smallest absolute Gasteiger partial charge is 0.252 e. The fourth-order valence-corrected chi connectivity index (χ4v) is 3.18. The Balaban J connectivity index is 2.07. The van der Waals surface area contributed by atoms with E-state index in [4.69, 9.17) is 5.73 Å². The van der Waals surface area contributed by atoms with Crippen LogP contribution in [-0.2, 0) is 0 Å². The first kappa shape index (κ1) is 15.3. The highest BCUT2D eigenvalue weighted by atomic mass is 79.9. The van der Waals surface area contributed by atoms with Gasteiger partial charge in [0.25, 0.3) is 5.91 Å². The van der Waals surface area contributed by atoms with Gasteiger partial charge in [0.1, 0.15) is 5.82 Å². The first-order valence-corrected chi connectivity index (χ1v) is 7.73. The number of amides is 1. The number of nitrogens with one attached hydrogen (secondary N) is 1. The van der Waals surface area contributed by atoms with Crippen LogP contribution in [0.1, 0.15) is 43.5 Å². The van der Waals surface area contributed by atoms with E-state index in [0.29, 0.717) is 21.9 Å². The van der Waals surface area contributed by atoms with Gasteiger partial charge in [-0.2, -0.15) is 0 Å². The molecular formula is C15H20BrFN2O. The number of hydrogen-bond acceptors (Lipinski definition) is 2. The number of carbonyl (C=O) groups excluding carboxylic acids is 1. The van der Waals surface area contributed by atoms with Crippen molar-refractivity contribution >= 4 is 27.5 Å². The van der Waals surface area contributed by atoms with Crippen LogP contribution in [-0.4, -0.2) is 11.9 Å². The third kappa shape index (κ3) is 3.32. The summed E-state index contributed by atoms with van der Waals surface area (Å²) >= 11 is 3.21. The van der Waals surface area contributed by atoms with E-state index in [1.807, 2.05) is 0 Å². The minimum atomic E-state index is -0.520. The molecule has 110 valence electrons. The van der Waals surface area contributed by atoms with Crippen LogP contribution in [0.2, 0.25) is 0 Å². The highest BCUT2D eigenvalue weighted by Gasteiger charge is 2.26. The third-order valence-corrected chi connectivity index (χ3v) is 4.92. The highest BCUT2D eigenvalue weighted by molar-refractivity contribution is 9.10. The lowest BCUT2D eigenvalue weighted by Crippen LogP contribution is -2.40. The van der Waals surface area contributed by atoms with Crippen LogP contribution in [0.25, 0.3) is 0 Å². The van der Waals surface area contributed by atoms with E-state index in [0.717, 1.165) is 19.3 Å². The number of benzene rings is 1. The van der Waals surface area contributed by atoms with Crippen molar-refractivity contribution in [1.82, 2.24) is 5.32 Å². The van der Waals surface area contributed by atoms with E-state index in [1.165, 1.54) is 12.1 Å². The van der Waals surface area contributed by atoms with Crippen molar-refractivity contribution in [2.75, 3.05) is 5.73 Å². The van der Waals surface area contributed by atoms with Crippen molar-refractivity contribution in [3.63, 3.8) is 0 Å². The maximum Gasteiger partial charge on any atom is 0.252 e. The van der Waals surface area contributed by atoms with Gasteiger partial charge in [-0.1, -0.05) is 13.8 Å². The second-order valence-corrected chi connectivity index (χ2v) is 6.65. The average Bonchev–Trinajstić information content (AvgIpc) is 2.38. The summed E-state index contributed by atoms with van der Waals surface area (Å²) in [6, 6.07) is 2.80. The van der Waals surface area contributed by atoms with Crippen LogP contribution in [0.4, 0.5) is 10.1 Å². The number of anilines is 1. The van der Waals surface area contributed by atoms with Crippen LogP contribution >= 0.6 is 15.9 Å². The van der Waals surface area contributed by atoms with Crippen molar-refractivity contribution < 1.29 is 9.18 Å². The molecule has 1 fully saturated rings. The van der Waals surface area contributed by atoms with E-state index < -0.39 is 5.82 Å². The minimum Gasteiger partial charge on any atom is -0.396 e. The van der Waals surface area contributed by atoms with Gasteiger partial charge in [-0.15, -0.1) is 0 Å². The summed E-state index contributed by atoms with van der Waals surface area (Å²) in [7, 11) is 0. The van der Waals surface area contributed by atoms with Crippen LogP contribution < -0.4 is 11.1 Å². The molecule has 20 heavy (non-hydrogen) atoms. The fraction of sp³-hybridized carbons (Fsp3) is 0.533. The van der Waals surface area contributed by atoms with E-state index in [9.17, 15) is 9.18 Å². The molecule has 0 aliphatic heterocycles. The average molecular weight is 343 g/mol. The molecule has 1 amide bonds. The SMILES string of the molecule is CC1CCC(NC(=O)c2cc(N)c(F)cc2Br)CC1C. The maximum absolute atomic E-state index is 13.3. The van der Waals surface area contributed by atoms with Gasteiger partial charge in [0.05, 0.1) is 11.3 Å². The summed E-state index contributed by atoms with van der Waals surface area (Å²) in [5.74, 6) is 0.594. The van der Waals surface area contributed by atoms with Gasteiger partial charge < -0.3 is 11.1 Å². The molecule has 1 aromatic carbocycles. The number of rotatable bonds is 2. The molecule has 3 N–H and O–H groups in total. The zero-order valence-electron chi connectivity index (χ0n) is 11.7. The first-order chi connectivity index (χ1) is 9.38. The topological polar surface area (TPSA) is 55.1 Å². The number of nitrogens with two attached hydrogens (primary N) is 1. The van der Waals surface area contributed by atoms with Crippen molar-refractivity contribution in [2.45, 2.75) is 39.2 Å². The fourth-order valence-electron chi connectivity index (χ4n) is 2.68. The largest absolute Gasteiger partial charge is 0.396 e. The molecule has 5 heteroatoms. The summed E-state index contributed by atoms with van der Waals surface area (Å²) < 4.78 is 13.7. The Kier molecular flexibility index (Phi) is 4.68. The molecule has 3 unspecified atom stereocenters. The Morgan fingerprint density at radius 2 is 2.05 bits per heavy atom. The number of hydrogen-bond donors (Lipinski definition) is 2. The molecule has 0 heterocycles. The lowest BCUT2D eigenvalue weighted by atomic mass is 9.79. The zero-order valence-corrected chi connectivity index (χ0v) is 13.3. The maximum atomic E-state index is 13.3. The molecule has 0 spiro atoms. The van der Waals surface area contributed by atoms with Crippen molar-refractivity contribution in [3.05, 3.63) is 28.0 Å². The molecule has 3 atom stereocenters. The van der Waals surface area contributed by atoms with E-state index in [2.05, 4.69) is 35.1 Å². The molecule has 1 aromatic rings. The molecule has 0 bridgehead atoms. The number of halogens is 2. The summed E-state index contributed by atoms with van der Waals surface area (Å²) in [4.78, 5) is 12.3. The molecule has 1 saturated carbocycles. The van der Waals surface area contributed by atoms with Crippen LogP contribution in [0, 0.1) is 17.7 Å². The van der Waals surface area contributed by atoms with E-state index >= 15 is 0 Å². The van der Waals surface area contributed by atoms with Crippen molar-refractivity contribution in [1.29, 1.82) is 0 Å². The highest BCUT2D eigenvalue weighted by Crippen LogP contribution is 2.30. The Morgan fingerprint density at radius 3 is 2.70 bits per heavy atom. The van der Waals surface area contributed by atoms with Gasteiger partial charge in [0, 0.05) is 10.5 Å². The van der Waals surface area contributed by atoms with Crippen LogP contribution in [0.5, 0.6) is 0 Å². The molecule has 3 nitrogen and oxygen atoms in total. The normalized spacial score (nSPS) is 26.3. The second-order valence-electron chi connectivity index (χ2n) is 5.79. The predicted octanol–water partition coefficient (Wildman–Crippen LogP) is 3.72. The van der Waals surface area contributed by atoms with E-state index in [-0.39, 0.29) is 17.6 Å². The zero-order chi connectivity index (χ0) is 14.9. The summed E-state index contributed by atoms with van der Waals surface area (Å²) in [5.41, 5.74) is 5.90. The molecule has 2 rings (SSSR count). The van der Waals surface area contributed by atoms with Crippen LogP contribution in [0.15, 0.2) is 16.6 Å². The van der Waals surface area contributed by atoms with Gasteiger partial charge in [0.15, 0.2) is 0 Å². The Bertz CT molecular complexity index is 521. The Labute approximate surface area is 127 Å². The molecular weight excluding hydrogens is 323 g/mol. The van der Waals surface area contributed by atoms with E-state index in [1.54, 1.807) is 0 Å². The molecule has 0 radical (unpaired) electrons. The Hall–Kier alpha value is -1.10. The summed E-state index contributed by atoms with van der Waals surface area (Å²) in [5, 5.41) is 3.03. The molecule has 1 aliphatic carbocycles. The summed E-state index contributed by atoms with van der Waals surface area (Å²) in [6.45, 7) is 4.47. The minimum absolute atomic E-state index is 0.0102. The standard InChI is InChI=1S/C15H20BrFN2O/c1-8-3-4-10(5-9(8)2)19-15(20)11-6-14(18)13(17)7-12(11)16/h6-10H,3-5,18H2,1-2H3,(H,19,20). The third-order valence-electron chi connectivity index (χ3n) is 4.26. The number of carbonyl (C=O) groups is 1. The van der Waals surface area contributed by atoms with Crippen molar-refractivity contribution in [2.24, 2.45) is 11.8 Å². The lowest BCUT2D eigenvalue weighted by Gasteiger charge is -2.32. The summed E-state index contributed by atoms with van der Waals surface area (Å²) in [6.07, 6.45) is 3.10. The van der Waals surface area contributed by atoms with Gasteiger partial charge in [-0.05, 0) is 59.2 Å². The van der Waals surface area contributed by atoms with Crippen LogP contribution in [0.3, 0.4) is 0 Å². The van der Waals surface area contributed by atoms with Gasteiger partial charge in [-0.3, -0.25) is 4.79 Å². The van der Waals surface area contributed by atoms with Gasteiger partial charge in [-0.25, -0.2) is 4.39 Å². The molecule has 1 aliphatic rings. The number of nitrogen functional groups attached to an aromatic ring is 1. The van der Waals surface area contributed by atoms with Gasteiger partial charge in [0.2, 0.25) is 0 Å². The molecule has 0 saturated heterocycles. The lowest BCUT2D eigenvalue weighted by molar-refractivity contribution is 0.0910. The van der Waals surface area contributed by atoms with Gasteiger partial charge >= 0.3 is 0 Å². The Morgan fingerprint density at radius 1 is 1.35 bits per heavy atom. The molecule has 0 aromatic heterocycles. The second kappa shape index (κ2) is 6.12. The quantitative estimate of drug-likeness (QED) is 0.804. The van der Waals surface area contributed by atoms with Crippen molar-refractivity contribution in [3.8, 4) is 0 Å².